The molecule has 1 aromatic carbocycles. The molecule has 1 aromatic rings. The van der Waals surface area contributed by atoms with Crippen LogP contribution in [0.4, 0.5) is 0 Å². The van der Waals surface area contributed by atoms with E-state index in [9.17, 15) is 14.9 Å². The fraction of sp³-hybridized carbons (Fsp3) is 0.312. The number of thioether (sulfide) groups is 1. The van der Waals surface area contributed by atoms with Crippen LogP contribution in [0.3, 0.4) is 0 Å². The van der Waals surface area contributed by atoms with Gasteiger partial charge in [-0.05, 0) is 24.6 Å². The Kier molecular flexibility index (Phi) is 6.08. The number of carbonyl (C=O) groups is 2. The summed E-state index contributed by atoms with van der Waals surface area (Å²) in [5.41, 5.74) is 1.29. The van der Waals surface area contributed by atoms with Crippen LogP contribution < -0.4 is 5.32 Å². The van der Waals surface area contributed by atoms with Gasteiger partial charge in [0, 0.05) is 17.4 Å². The second-order valence-corrected chi connectivity index (χ2v) is 6.23. The van der Waals surface area contributed by atoms with Crippen molar-refractivity contribution >= 4 is 35.2 Å². The number of amides is 1. The second kappa shape index (κ2) is 8.04. The highest BCUT2D eigenvalue weighted by Crippen LogP contribution is 2.36. The van der Waals surface area contributed by atoms with Gasteiger partial charge in [-0.1, -0.05) is 35.5 Å². The third-order valence-corrected chi connectivity index (χ3v) is 4.51. The zero-order valence-electron chi connectivity index (χ0n) is 12.5. The van der Waals surface area contributed by atoms with E-state index in [0.717, 1.165) is 17.3 Å². The molecule has 0 saturated carbocycles. The molecule has 2 rings (SSSR count). The summed E-state index contributed by atoms with van der Waals surface area (Å²) < 4.78 is 4.86. The average molecular weight is 351 g/mol. The Morgan fingerprint density at radius 2 is 2.17 bits per heavy atom. The molecule has 0 spiro atoms. The van der Waals surface area contributed by atoms with E-state index >= 15 is 0 Å². The summed E-state index contributed by atoms with van der Waals surface area (Å²) in [4.78, 5) is 23.4. The molecule has 120 valence electrons. The summed E-state index contributed by atoms with van der Waals surface area (Å²) in [7, 11) is 0. The molecule has 0 fully saturated rings. The predicted molar refractivity (Wildman–Crippen MR) is 88.7 cm³/mol. The molecular formula is C16H15ClN2O3S. The fourth-order valence-electron chi connectivity index (χ4n) is 2.25. The normalized spacial score (nSPS) is 17.4. The standard InChI is InChI=1S/C16H15ClN2O3S/c1-2-22-15(21)9-23-16-13(8-18)12(7-14(20)19-16)10-3-5-11(17)6-4-10/h3-6,12H,2,7,9H2,1H3,(H,19,20)/t12-/m0/s1. The highest BCUT2D eigenvalue weighted by molar-refractivity contribution is 8.03. The van der Waals surface area contributed by atoms with Gasteiger partial charge in [0.15, 0.2) is 0 Å². The molecule has 1 N–H and O–H groups in total. The zero-order valence-corrected chi connectivity index (χ0v) is 14.0. The largest absolute Gasteiger partial charge is 0.465 e. The maximum absolute atomic E-state index is 11.9. The van der Waals surface area contributed by atoms with Gasteiger partial charge in [-0.15, -0.1) is 0 Å². The number of hydrogen-bond donors (Lipinski definition) is 1. The van der Waals surface area contributed by atoms with Gasteiger partial charge in [-0.25, -0.2) is 0 Å². The van der Waals surface area contributed by atoms with Crippen LogP contribution in [0.5, 0.6) is 0 Å². The van der Waals surface area contributed by atoms with Gasteiger partial charge in [0.05, 0.1) is 29.0 Å². The van der Waals surface area contributed by atoms with Crippen molar-refractivity contribution in [2.24, 2.45) is 0 Å². The van der Waals surface area contributed by atoms with Crippen LogP contribution in [0.25, 0.3) is 0 Å². The van der Waals surface area contributed by atoms with Crippen molar-refractivity contribution in [3.05, 3.63) is 45.5 Å². The summed E-state index contributed by atoms with van der Waals surface area (Å²) in [5.74, 6) is -0.863. The third kappa shape index (κ3) is 4.50. The summed E-state index contributed by atoms with van der Waals surface area (Å²) >= 11 is 6.99. The Labute approximate surface area is 143 Å². The second-order valence-electron chi connectivity index (χ2n) is 4.80. The van der Waals surface area contributed by atoms with Crippen molar-refractivity contribution in [3.63, 3.8) is 0 Å². The van der Waals surface area contributed by atoms with E-state index in [4.69, 9.17) is 16.3 Å². The quantitative estimate of drug-likeness (QED) is 0.826. The number of nitriles is 1. The van der Waals surface area contributed by atoms with Crippen LogP contribution in [-0.4, -0.2) is 24.2 Å². The monoisotopic (exact) mass is 350 g/mol. The Bertz CT molecular complexity index is 680. The number of nitrogens with one attached hydrogen (secondary N) is 1. The highest BCUT2D eigenvalue weighted by atomic mass is 35.5. The Morgan fingerprint density at radius 1 is 1.48 bits per heavy atom. The summed E-state index contributed by atoms with van der Waals surface area (Å²) in [6.45, 7) is 2.02. The van der Waals surface area contributed by atoms with E-state index in [1.165, 1.54) is 0 Å². The van der Waals surface area contributed by atoms with Gasteiger partial charge >= 0.3 is 5.97 Å². The van der Waals surface area contributed by atoms with E-state index < -0.39 is 0 Å². The van der Waals surface area contributed by atoms with Gasteiger partial charge < -0.3 is 10.1 Å². The van der Waals surface area contributed by atoms with E-state index in [1.807, 2.05) is 0 Å². The first kappa shape index (κ1) is 17.4. The Morgan fingerprint density at radius 3 is 2.78 bits per heavy atom. The predicted octanol–water partition coefficient (Wildman–Crippen LogP) is 2.97. The Balaban J connectivity index is 2.26. The molecule has 1 aliphatic heterocycles. The number of benzene rings is 1. The number of halogens is 1. The van der Waals surface area contributed by atoms with Crippen LogP contribution in [-0.2, 0) is 14.3 Å². The van der Waals surface area contributed by atoms with Crippen LogP contribution in [0.15, 0.2) is 34.9 Å². The van der Waals surface area contributed by atoms with E-state index in [-0.39, 0.29) is 30.0 Å². The van der Waals surface area contributed by atoms with Crippen molar-refractivity contribution in [1.82, 2.24) is 5.32 Å². The van der Waals surface area contributed by atoms with Crippen molar-refractivity contribution in [2.45, 2.75) is 19.3 Å². The SMILES string of the molecule is CCOC(=O)CSC1=C(C#N)[C@H](c2ccc(Cl)cc2)CC(=O)N1. The van der Waals surface area contributed by atoms with Crippen molar-refractivity contribution in [3.8, 4) is 6.07 Å². The lowest BCUT2D eigenvalue weighted by molar-refractivity contribution is -0.139. The molecule has 0 bridgehead atoms. The van der Waals surface area contributed by atoms with Gasteiger partial charge in [0.1, 0.15) is 0 Å². The number of hydrogen-bond acceptors (Lipinski definition) is 5. The molecule has 0 aliphatic carbocycles. The maximum Gasteiger partial charge on any atom is 0.316 e. The lowest BCUT2D eigenvalue weighted by Gasteiger charge is -2.25. The minimum Gasteiger partial charge on any atom is -0.465 e. The van der Waals surface area contributed by atoms with Gasteiger partial charge in [0.25, 0.3) is 0 Å². The molecule has 0 unspecified atom stereocenters. The maximum atomic E-state index is 11.9. The molecule has 0 saturated heterocycles. The van der Waals surface area contributed by atoms with Crippen molar-refractivity contribution < 1.29 is 14.3 Å². The first-order valence-corrected chi connectivity index (χ1v) is 8.39. The van der Waals surface area contributed by atoms with Gasteiger partial charge in [-0.3, -0.25) is 9.59 Å². The van der Waals surface area contributed by atoms with Crippen molar-refractivity contribution in [1.29, 1.82) is 5.26 Å². The molecular weight excluding hydrogens is 336 g/mol. The zero-order chi connectivity index (χ0) is 16.8. The van der Waals surface area contributed by atoms with Gasteiger partial charge in [0.2, 0.25) is 5.91 Å². The molecule has 1 amide bonds. The molecule has 1 atom stereocenters. The molecule has 1 heterocycles. The molecule has 23 heavy (non-hydrogen) atoms. The van der Waals surface area contributed by atoms with Crippen LogP contribution >= 0.6 is 23.4 Å². The third-order valence-electron chi connectivity index (χ3n) is 3.27. The minimum atomic E-state index is -0.384. The Hall–Kier alpha value is -1.97. The van der Waals surface area contributed by atoms with Crippen molar-refractivity contribution in [2.75, 3.05) is 12.4 Å². The van der Waals surface area contributed by atoms with Crippen LogP contribution in [0.2, 0.25) is 5.02 Å². The first-order valence-electron chi connectivity index (χ1n) is 7.03. The lowest BCUT2D eigenvalue weighted by atomic mass is 9.87. The average Bonchev–Trinajstić information content (AvgIpc) is 2.53. The minimum absolute atomic E-state index is 0.0436. The van der Waals surface area contributed by atoms with Crippen LogP contribution in [0, 0.1) is 11.3 Å². The van der Waals surface area contributed by atoms with Crippen LogP contribution in [0.1, 0.15) is 24.8 Å². The number of nitrogens with zero attached hydrogens (tertiary/aromatic N) is 1. The van der Waals surface area contributed by atoms with E-state index in [1.54, 1.807) is 31.2 Å². The summed E-state index contributed by atoms with van der Waals surface area (Å²) in [6.07, 6.45) is 0.188. The number of allylic oxidation sites excluding steroid dienone is 1. The topological polar surface area (TPSA) is 79.2 Å². The fourth-order valence-corrected chi connectivity index (χ4v) is 3.25. The first-order chi connectivity index (χ1) is 11.0. The lowest BCUT2D eigenvalue weighted by Crippen LogP contribution is -2.31. The number of carbonyl (C=O) groups excluding carboxylic acids is 2. The smallest absolute Gasteiger partial charge is 0.316 e. The highest BCUT2D eigenvalue weighted by Gasteiger charge is 2.29. The number of rotatable bonds is 5. The molecule has 1 aliphatic rings. The molecule has 0 aromatic heterocycles. The van der Waals surface area contributed by atoms with E-state index in [0.29, 0.717) is 22.2 Å². The molecule has 7 heteroatoms. The van der Waals surface area contributed by atoms with E-state index in [2.05, 4.69) is 11.4 Å². The molecule has 0 radical (unpaired) electrons. The molecule has 5 nitrogen and oxygen atoms in total. The number of ether oxygens (including phenoxy) is 1. The summed E-state index contributed by atoms with van der Waals surface area (Å²) in [6, 6.07) is 9.21. The van der Waals surface area contributed by atoms with Gasteiger partial charge in [-0.2, -0.15) is 5.26 Å². The number of esters is 1. The summed E-state index contributed by atoms with van der Waals surface area (Å²) in [5, 5.41) is 13.2.